The van der Waals surface area contributed by atoms with E-state index in [0.29, 0.717) is 5.92 Å². The Morgan fingerprint density at radius 1 is 1.00 bits per heavy atom. The first-order chi connectivity index (χ1) is 8.70. The summed E-state index contributed by atoms with van der Waals surface area (Å²) in [5.74, 6) is 2.36. The van der Waals surface area contributed by atoms with Gasteiger partial charge in [0.05, 0.1) is 0 Å². The van der Waals surface area contributed by atoms with Gasteiger partial charge in [-0.3, -0.25) is 0 Å². The number of rotatable bonds is 8. The van der Waals surface area contributed by atoms with Gasteiger partial charge in [-0.1, -0.05) is 34.1 Å². The van der Waals surface area contributed by atoms with E-state index in [4.69, 9.17) is 0 Å². The van der Waals surface area contributed by atoms with Crippen LogP contribution in [-0.2, 0) is 0 Å². The Hall–Kier alpha value is -1.32. The highest BCUT2D eigenvalue weighted by atomic mass is 15.1. The zero-order valence-electron chi connectivity index (χ0n) is 12.1. The average molecular weight is 250 g/mol. The maximum Gasteiger partial charge on any atom is 0.134 e. The molecule has 0 unspecified atom stereocenters. The van der Waals surface area contributed by atoms with Crippen molar-refractivity contribution in [2.45, 2.75) is 52.9 Å². The zero-order valence-corrected chi connectivity index (χ0v) is 12.1. The lowest BCUT2D eigenvalue weighted by atomic mass is 10.0. The first-order valence-corrected chi connectivity index (χ1v) is 7.03. The summed E-state index contributed by atoms with van der Waals surface area (Å²) >= 11 is 0. The third kappa shape index (κ3) is 4.17. The molecule has 1 rings (SSSR count). The Balaban J connectivity index is 2.87. The fourth-order valence-corrected chi connectivity index (χ4v) is 1.85. The van der Waals surface area contributed by atoms with E-state index in [-0.39, 0.29) is 0 Å². The van der Waals surface area contributed by atoms with Crippen molar-refractivity contribution in [3.63, 3.8) is 0 Å². The van der Waals surface area contributed by atoms with Crippen LogP contribution in [0.2, 0.25) is 0 Å². The van der Waals surface area contributed by atoms with Crippen LogP contribution in [0.5, 0.6) is 0 Å². The third-order valence-corrected chi connectivity index (χ3v) is 2.83. The van der Waals surface area contributed by atoms with Crippen LogP contribution in [0.3, 0.4) is 0 Å². The summed E-state index contributed by atoms with van der Waals surface area (Å²) in [6, 6.07) is 0. The van der Waals surface area contributed by atoms with E-state index in [2.05, 4.69) is 48.3 Å². The van der Waals surface area contributed by atoms with Gasteiger partial charge in [-0.05, 0) is 18.8 Å². The molecule has 102 valence electrons. The number of nitrogens with one attached hydrogen (secondary N) is 2. The number of anilines is 2. The molecule has 4 heteroatoms. The van der Waals surface area contributed by atoms with Crippen LogP contribution in [0.15, 0.2) is 6.33 Å². The first-order valence-electron chi connectivity index (χ1n) is 7.03. The highest BCUT2D eigenvalue weighted by Crippen LogP contribution is 2.28. The van der Waals surface area contributed by atoms with E-state index >= 15 is 0 Å². The Morgan fingerprint density at radius 3 is 2.11 bits per heavy atom. The van der Waals surface area contributed by atoms with E-state index in [1.165, 1.54) is 18.4 Å². The fraction of sp³-hybridized carbons (Fsp3) is 0.714. The Morgan fingerprint density at radius 2 is 1.61 bits per heavy atom. The van der Waals surface area contributed by atoms with Crippen LogP contribution in [0.25, 0.3) is 0 Å². The second-order valence-corrected chi connectivity index (χ2v) is 4.85. The zero-order chi connectivity index (χ0) is 13.4. The monoisotopic (exact) mass is 250 g/mol. The second-order valence-electron chi connectivity index (χ2n) is 4.85. The minimum atomic E-state index is 0.412. The lowest BCUT2D eigenvalue weighted by molar-refractivity contribution is 0.810. The van der Waals surface area contributed by atoms with Gasteiger partial charge in [0.15, 0.2) is 0 Å². The van der Waals surface area contributed by atoms with Gasteiger partial charge >= 0.3 is 0 Å². The smallest absolute Gasteiger partial charge is 0.134 e. The van der Waals surface area contributed by atoms with E-state index in [1.54, 1.807) is 6.33 Å². The number of aromatic nitrogens is 2. The van der Waals surface area contributed by atoms with Crippen LogP contribution in [0.1, 0.15) is 58.4 Å². The average Bonchev–Trinajstić information content (AvgIpc) is 2.36. The molecule has 0 aliphatic carbocycles. The molecule has 4 nitrogen and oxygen atoms in total. The summed E-state index contributed by atoms with van der Waals surface area (Å²) in [6.45, 7) is 10.6. The molecule has 1 aromatic rings. The Labute approximate surface area is 111 Å². The molecule has 0 bridgehead atoms. The number of unbranched alkanes of at least 4 members (excludes halogenated alkanes) is 1. The molecule has 0 saturated heterocycles. The van der Waals surface area contributed by atoms with Crippen LogP contribution in [0.4, 0.5) is 11.6 Å². The molecule has 0 saturated carbocycles. The molecule has 1 heterocycles. The van der Waals surface area contributed by atoms with Crippen molar-refractivity contribution in [2.24, 2.45) is 0 Å². The van der Waals surface area contributed by atoms with Gasteiger partial charge in [0.1, 0.15) is 18.0 Å². The highest BCUT2D eigenvalue weighted by molar-refractivity contribution is 5.58. The molecule has 0 aliphatic heterocycles. The minimum Gasteiger partial charge on any atom is -0.370 e. The quantitative estimate of drug-likeness (QED) is 0.692. The summed E-state index contributed by atoms with van der Waals surface area (Å²) in [5.41, 5.74) is 1.20. The molecule has 0 atom stereocenters. The summed E-state index contributed by atoms with van der Waals surface area (Å²) in [4.78, 5) is 8.74. The van der Waals surface area contributed by atoms with Crippen molar-refractivity contribution >= 4 is 11.6 Å². The van der Waals surface area contributed by atoms with Gasteiger partial charge in [-0.2, -0.15) is 0 Å². The predicted octanol–water partition coefficient (Wildman–Crippen LogP) is 3.63. The van der Waals surface area contributed by atoms with Crippen molar-refractivity contribution in [1.29, 1.82) is 0 Å². The van der Waals surface area contributed by atoms with Gasteiger partial charge in [0.2, 0.25) is 0 Å². The van der Waals surface area contributed by atoms with Gasteiger partial charge in [0, 0.05) is 18.7 Å². The minimum absolute atomic E-state index is 0.412. The summed E-state index contributed by atoms with van der Waals surface area (Å²) in [6.07, 6.45) is 5.09. The van der Waals surface area contributed by atoms with Gasteiger partial charge in [-0.25, -0.2) is 9.97 Å². The van der Waals surface area contributed by atoms with Crippen LogP contribution >= 0.6 is 0 Å². The Bertz CT molecular complexity index is 350. The maximum atomic E-state index is 4.38. The summed E-state index contributed by atoms with van der Waals surface area (Å²) in [7, 11) is 0. The molecule has 0 radical (unpaired) electrons. The molecule has 18 heavy (non-hydrogen) atoms. The molecular formula is C14H26N4. The summed E-state index contributed by atoms with van der Waals surface area (Å²) in [5, 5.41) is 6.81. The molecule has 2 N–H and O–H groups in total. The topological polar surface area (TPSA) is 49.8 Å². The summed E-state index contributed by atoms with van der Waals surface area (Å²) < 4.78 is 0. The van der Waals surface area contributed by atoms with Gasteiger partial charge in [-0.15, -0.1) is 0 Å². The molecule has 0 spiro atoms. The van der Waals surface area contributed by atoms with Crippen molar-refractivity contribution in [1.82, 2.24) is 9.97 Å². The molecular weight excluding hydrogens is 224 g/mol. The molecule has 1 aromatic heterocycles. The standard InChI is InChI=1S/C14H26N4/c1-5-7-9-16-14-12(11(3)4)13(15-8-6-2)17-10-18-14/h10-11H,5-9H2,1-4H3,(H2,15,16,17,18). The van der Waals surface area contributed by atoms with Crippen molar-refractivity contribution < 1.29 is 0 Å². The van der Waals surface area contributed by atoms with E-state index in [0.717, 1.165) is 31.1 Å². The number of nitrogens with zero attached hydrogens (tertiary/aromatic N) is 2. The van der Waals surface area contributed by atoms with Crippen molar-refractivity contribution in [3.05, 3.63) is 11.9 Å². The fourth-order valence-electron chi connectivity index (χ4n) is 1.85. The molecule has 0 amide bonds. The third-order valence-electron chi connectivity index (χ3n) is 2.83. The van der Waals surface area contributed by atoms with Gasteiger partial charge < -0.3 is 10.6 Å². The highest BCUT2D eigenvalue weighted by Gasteiger charge is 2.14. The predicted molar refractivity (Wildman–Crippen MR) is 78.3 cm³/mol. The normalized spacial score (nSPS) is 10.7. The largest absolute Gasteiger partial charge is 0.370 e. The SMILES string of the molecule is CCCCNc1ncnc(NCCC)c1C(C)C. The number of hydrogen-bond acceptors (Lipinski definition) is 4. The van der Waals surface area contributed by atoms with Crippen LogP contribution in [-0.4, -0.2) is 23.1 Å². The first kappa shape index (κ1) is 14.7. The lowest BCUT2D eigenvalue weighted by Gasteiger charge is -2.17. The van der Waals surface area contributed by atoms with E-state index in [1.807, 2.05) is 0 Å². The van der Waals surface area contributed by atoms with E-state index in [9.17, 15) is 0 Å². The molecule has 0 fully saturated rings. The molecule has 0 aliphatic rings. The molecule has 0 aromatic carbocycles. The van der Waals surface area contributed by atoms with Crippen LogP contribution in [0, 0.1) is 0 Å². The lowest BCUT2D eigenvalue weighted by Crippen LogP contribution is -2.12. The van der Waals surface area contributed by atoms with Crippen molar-refractivity contribution in [3.8, 4) is 0 Å². The van der Waals surface area contributed by atoms with Crippen molar-refractivity contribution in [2.75, 3.05) is 23.7 Å². The van der Waals surface area contributed by atoms with Crippen LogP contribution < -0.4 is 10.6 Å². The Kier molecular flexibility index (Phi) is 6.47. The van der Waals surface area contributed by atoms with E-state index < -0.39 is 0 Å². The maximum absolute atomic E-state index is 4.38. The number of hydrogen-bond donors (Lipinski definition) is 2. The second kappa shape index (κ2) is 7.90. The van der Waals surface area contributed by atoms with Gasteiger partial charge in [0.25, 0.3) is 0 Å².